The maximum absolute atomic E-state index is 5.95. The van der Waals surface area contributed by atoms with Gasteiger partial charge in [-0.05, 0) is 37.5 Å². The van der Waals surface area contributed by atoms with Crippen molar-refractivity contribution in [2.24, 2.45) is 0 Å². The van der Waals surface area contributed by atoms with E-state index in [-0.39, 0.29) is 5.28 Å². The molecule has 1 saturated heterocycles. The average molecular weight is 300 g/mol. The van der Waals surface area contributed by atoms with Gasteiger partial charge in [0.1, 0.15) is 6.61 Å². The minimum atomic E-state index is 0.194. The second-order valence-corrected chi connectivity index (χ2v) is 5.09. The molecule has 7 heteroatoms. The van der Waals surface area contributed by atoms with Crippen molar-refractivity contribution in [2.45, 2.75) is 26.7 Å². The summed E-state index contributed by atoms with van der Waals surface area (Å²) < 4.78 is 5.61. The minimum Gasteiger partial charge on any atom is -0.462 e. The third-order valence-electron chi connectivity index (χ3n) is 3.50. The zero-order chi connectivity index (χ0) is 14.4. The number of halogens is 1. The molecule has 0 spiro atoms. The molecule has 1 aliphatic rings. The van der Waals surface area contributed by atoms with Crippen molar-refractivity contribution in [1.82, 2.24) is 19.9 Å². The maximum atomic E-state index is 5.95. The van der Waals surface area contributed by atoms with Gasteiger partial charge in [0.05, 0.1) is 0 Å². The van der Waals surface area contributed by atoms with Crippen molar-refractivity contribution in [2.75, 3.05) is 44.2 Å². The van der Waals surface area contributed by atoms with E-state index in [2.05, 4.69) is 38.6 Å². The lowest BCUT2D eigenvalue weighted by Crippen LogP contribution is -2.28. The molecule has 0 unspecified atom stereocenters. The molecule has 112 valence electrons. The Morgan fingerprint density at radius 2 is 1.85 bits per heavy atom. The number of rotatable bonds is 7. The quantitative estimate of drug-likeness (QED) is 0.766. The molecule has 20 heavy (non-hydrogen) atoms. The van der Waals surface area contributed by atoms with Crippen LogP contribution in [0.5, 0.6) is 6.01 Å². The standard InChI is InChI=1S/C13H22ClN5O/c1-3-18(4-2)9-10-20-13-16-11(14)15-12(17-13)19-7-5-6-8-19/h3-10H2,1-2H3. The van der Waals surface area contributed by atoms with Crippen LogP contribution in [0.1, 0.15) is 26.7 Å². The summed E-state index contributed by atoms with van der Waals surface area (Å²) in [5.74, 6) is 0.625. The second-order valence-electron chi connectivity index (χ2n) is 4.76. The molecule has 1 aliphatic heterocycles. The largest absolute Gasteiger partial charge is 0.462 e. The molecule has 0 aliphatic carbocycles. The summed E-state index contributed by atoms with van der Waals surface area (Å²) in [4.78, 5) is 16.9. The Morgan fingerprint density at radius 3 is 2.50 bits per heavy atom. The molecule has 2 heterocycles. The third-order valence-corrected chi connectivity index (χ3v) is 3.67. The molecule has 0 saturated carbocycles. The molecule has 0 radical (unpaired) electrons. The molecule has 1 aromatic heterocycles. The van der Waals surface area contributed by atoms with E-state index in [0.717, 1.165) is 32.7 Å². The minimum absolute atomic E-state index is 0.194. The molecule has 0 N–H and O–H groups in total. The van der Waals surface area contributed by atoms with Crippen LogP contribution in [0.3, 0.4) is 0 Å². The highest BCUT2D eigenvalue weighted by Gasteiger charge is 2.17. The molecule has 0 atom stereocenters. The van der Waals surface area contributed by atoms with E-state index in [1.807, 2.05) is 0 Å². The van der Waals surface area contributed by atoms with Crippen LogP contribution in [0.2, 0.25) is 5.28 Å². The van der Waals surface area contributed by atoms with Crippen LogP contribution in [0, 0.1) is 0 Å². The van der Waals surface area contributed by atoms with E-state index >= 15 is 0 Å². The van der Waals surface area contributed by atoms with Crippen LogP contribution in [-0.2, 0) is 0 Å². The van der Waals surface area contributed by atoms with Gasteiger partial charge in [0.15, 0.2) is 0 Å². The summed E-state index contributed by atoms with van der Waals surface area (Å²) in [5, 5.41) is 0.194. The molecule has 0 aromatic carbocycles. The van der Waals surface area contributed by atoms with Gasteiger partial charge in [-0.1, -0.05) is 13.8 Å². The molecule has 1 fully saturated rings. The highest BCUT2D eigenvalue weighted by Crippen LogP contribution is 2.19. The lowest BCUT2D eigenvalue weighted by molar-refractivity contribution is 0.212. The van der Waals surface area contributed by atoms with E-state index < -0.39 is 0 Å². The number of likely N-dealkylation sites (N-methyl/N-ethyl adjacent to an activating group) is 1. The summed E-state index contributed by atoms with van der Waals surface area (Å²) in [7, 11) is 0. The first-order valence-electron chi connectivity index (χ1n) is 7.24. The predicted octanol–water partition coefficient (Wildman–Crippen LogP) is 1.85. The Morgan fingerprint density at radius 1 is 1.15 bits per heavy atom. The molecule has 6 nitrogen and oxygen atoms in total. The lowest BCUT2D eigenvalue weighted by atomic mass is 10.4. The van der Waals surface area contributed by atoms with E-state index in [1.54, 1.807) is 0 Å². The van der Waals surface area contributed by atoms with Crippen LogP contribution < -0.4 is 9.64 Å². The van der Waals surface area contributed by atoms with Gasteiger partial charge < -0.3 is 14.5 Å². The van der Waals surface area contributed by atoms with Crippen molar-refractivity contribution >= 4 is 17.5 Å². The summed E-state index contributed by atoms with van der Waals surface area (Å²) in [6, 6.07) is 0.319. The van der Waals surface area contributed by atoms with Crippen molar-refractivity contribution in [3.05, 3.63) is 5.28 Å². The Balaban J connectivity index is 1.93. The Bertz CT molecular complexity index is 421. The molecular weight excluding hydrogens is 278 g/mol. The molecule has 2 rings (SSSR count). The van der Waals surface area contributed by atoms with E-state index in [1.165, 1.54) is 12.8 Å². The number of ether oxygens (including phenoxy) is 1. The van der Waals surface area contributed by atoms with Crippen molar-refractivity contribution in [1.29, 1.82) is 0 Å². The normalized spacial score (nSPS) is 15.1. The van der Waals surface area contributed by atoms with Crippen molar-refractivity contribution in [3.8, 4) is 6.01 Å². The van der Waals surface area contributed by atoms with Crippen LogP contribution in [0.15, 0.2) is 0 Å². The van der Waals surface area contributed by atoms with Crippen LogP contribution in [-0.4, -0.2) is 59.2 Å². The highest BCUT2D eigenvalue weighted by atomic mass is 35.5. The number of nitrogens with zero attached hydrogens (tertiary/aromatic N) is 5. The van der Waals surface area contributed by atoms with E-state index in [4.69, 9.17) is 16.3 Å². The molecule has 0 amide bonds. The fraction of sp³-hybridized carbons (Fsp3) is 0.769. The number of anilines is 1. The van der Waals surface area contributed by atoms with Gasteiger partial charge in [0.2, 0.25) is 11.2 Å². The monoisotopic (exact) mass is 299 g/mol. The average Bonchev–Trinajstić information content (AvgIpc) is 2.97. The van der Waals surface area contributed by atoms with Gasteiger partial charge in [0, 0.05) is 19.6 Å². The van der Waals surface area contributed by atoms with E-state index in [9.17, 15) is 0 Å². The lowest BCUT2D eigenvalue weighted by Gasteiger charge is -2.18. The van der Waals surface area contributed by atoms with Crippen molar-refractivity contribution < 1.29 is 4.74 Å². The summed E-state index contributed by atoms with van der Waals surface area (Å²) in [6.07, 6.45) is 2.34. The van der Waals surface area contributed by atoms with Gasteiger partial charge in [-0.2, -0.15) is 15.0 Å². The Hall–Kier alpha value is -1.14. The van der Waals surface area contributed by atoms with E-state index in [0.29, 0.717) is 18.6 Å². The topological polar surface area (TPSA) is 54.4 Å². The van der Waals surface area contributed by atoms with Crippen molar-refractivity contribution in [3.63, 3.8) is 0 Å². The number of aromatic nitrogens is 3. The third kappa shape index (κ3) is 4.18. The van der Waals surface area contributed by atoms with Gasteiger partial charge in [-0.25, -0.2) is 0 Å². The highest BCUT2D eigenvalue weighted by molar-refractivity contribution is 6.28. The fourth-order valence-electron chi connectivity index (χ4n) is 2.25. The first-order valence-corrected chi connectivity index (χ1v) is 7.62. The Kier molecular flexibility index (Phi) is 5.79. The maximum Gasteiger partial charge on any atom is 0.322 e. The van der Waals surface area contributed by atoms with Gasteiger partial charge in [-0.15, -0.1) is 0 Å². The van der Waals surface area contributed by atoms with Gasteiger partial charge >= 0.3 is 6.01 Å². The fourth-order valence-corrected chi connectivity index (χ4v) is 2.40. The number of hydrogen-bond acceptors (Lipinski definition) is 6. The second kappa shape index (κ2) is 7.59. The zero-order valence-corrected chi connectivity index (χ0v) is 12.9. The first-order chi connectivity index (χ1) is 9.72. The van der Waals surface area contributed by atoms with Crippen LogP contribution >= 0.6 is 11.6 Å². The Labute approximate surface area is 125 Å². The summed E-state index contributed by atoms with van der Waals surface area (Å²) in [5.41, 5.74) is 0. The van der Waals surface area contributed by atoms with Gasteiger partial charge in [-0.3, -0.25) is 0 Å². The van der Waals surface area contributed by atoms with Gasteiger partial charge in [0.25, 0.3) is 0 Å². The molecule has 0 bridgehead atoms. The van der Waals surface area contributed by atoms with Crippen LogP contribution in [0.4, 0.5) is 5.95 Å². The molecular formula is C13H22ClN5O. The smallest absolute Gasteiger partial charge is 0.322 e. The summed E-state index contributed by atoms with van der Waals surface area (Å²) >= 11 is 5.95. The zero-order valence-electron chi connectivity index (χ0n) is 12.2. The van der Waals surface area contributed by atoms with Crippen LogP contribution in [0.25, 0.3) is 0 Å². The number of hydrogen-bond donors (Lipinski definition) is 0. The SMILES string of the molecule is CCN(CC)CCOc1nc(Cl)nc(N2CCCC2)n1. The summed E-state index contributed by atoms with van der Waals surface area (Å²) in [6.45, 7) is 9.65. The molecule has 1 aromatic rings. The first kappa shape index (κ1) is 15.3. The predicted molar refractivity (Wildman–Crippen MR) is 79.6 cm³/mol.